The molecular formula is C32H18Cl2O4. The van der Waals surface area contributed by atoms with E-state index in [1.54, 1.807) is 48.5 Å². The van der Waals surface area contributed by atoms with Gasteiger partial charge in [0.2, 0.25) is 0 Å². The molecule has 0 bridgehead atoms. The van der Waals surface area contributed by atoms with Crippen LogP contribution in [0.4, 0.5) is 0 Å². The molecule has 6 aromatic rings. The van der Waals surface area contributed by atoms with Crippen molar-refractivity contribution in [3.05, 3.63) is 130 Å². The highest BCUT2D eigenvalue weighted by Crippen LogP contribution is 2.47. The number of esters is 2. The van der Waals surface area contributed by atoms with Gasteiger partial charge in [-0.2, -0.15) is 0 Å². The fraction of sp³-hybridized carbons (Fsp3) is 0. The Hall–Kier alpha value is -4.38. The van der Waals surface area contributed by atoms with Gasteiger partial charge >= 0.3 is 11.9 Å². The van der Waals surface area contributed by atoms with Gasteiger partial charge in [-0.3, -0.25) is 0 Å². The van der Waals surface area contributed by atoms with Gasteiger partial charge in [0, 0.05) is 10.8 Å². The Kier molecular flexibility index (Phi) is 6.20. The Morgan fingerprint density at radius 1 is 0.474 bits per heavy atom. The predicted molar refractivity (Wildman–Crippen MR) is 152 cm³/mol. The first-order valence-electron chi connectivity index (χ1n) is 11.8. The number of carbonyl (C=O) groups excluding carboxylic acids is 2. The van der Waals surface area contributed by atoms with Crippen LogP contribution in [0, 0.1) is 0 Å². The summed E-state index contributed by atoms with van der Waals surface area (Å²) in [5, 5.41) is 4.75. The van der Waals surface area contributed by atoms with E-state index in [9.17, 15) is 9.59 Å². The lowest BCUT2D eigenvalue weighted by atomic mass is 10.1. The normalized spacial score (nSPS) is 11.1. The molecule has 0 radical (unpaired) electrons. The summed E-state index contributed by atoms with van der Waals surface area (Å²) < 4.78 is 11.5. The summed E-state index contributed by atoms with van der Waals surface area (Å²) in [5.41, 5.74) is 0.735. The highest BCUT2D eigenvalue weighted by Gasteiger charge is 2.24. The van der Waals surface area contributed by atoms with Crippen LogP contribution in [-0.4, -0.2) is 11.9 Å². The van der Waals surface area contributed by atoms with Crippen LogP contribution in [0.1, 0.15) is 20.7 Å². The smallest absolute Gasteiger partial charge is 0.343 e. The second-order valence-corrected chi connectivity index (χ2v) is 9.49. The zero-order valence-electron chi connectivity index (χ0n) is 19.8. The summed E-state index contributed by atoms with van der Waals surface area (Å²) in [7, 11) is 0. The van der Waals surface area contributed by atoms with E-state index in [1.807, 2.05) is 60.7 Å². The van der Waals surface area contributed by atoms with E-state index in [0.29, 0.717) is 21.9 Å². The quantitative estimate of drug-likeness (QED) is 0.167. The average Bonchev–Trinajstić information content (AvgIpc) is 2.96. The molecule has 0 spiro atoms. The van der Waals surface area contributed by atoms with Crippen molar-refractivity contribution in [3.63, 3.8) is 0 Å². The van der Waals surface area contributed by atoms with Crippen LogP contribution in [0.15, 0.2) is 109 Å². The molecule has 0 unspecified atom stereocenters. The Bertz CT molecular complexity index is 1760. The van der Waals surface area contributed by atoms with Gasteiger partial charge in [0.25, 0.3) is 0 Å². The first-order chi connectivity index (χ1) is 18.5. The first kappa shape index (κ1) is 24.0. The standard InChI is InChI=1S/C32H18Cl2O4/c33-27-28(34)30(38-32(36)24-16-14-20-8-2-4-10-22(20)18-24)26-12-6-5-11-25(26)29(27)37-31(35)23-15-13-19-7-1-3-9-21(19)17-23/h1-18H. The second-order valence-electron chi connectivity index (χ2n) is 8.73. The number of hydrogen-bond acceptors (Lipinski definition) is 4. The molecule has 0 saturated carbocycles. The van der Waals surface area contributed by atoms with Gasteiger partial charge < -0.3 is 9.47 Å². The summed E-state index contributed by atoms with van der Waals surface area (Å²) in [6, 6.07) is 33.1. The Morgan fingerprint density at radius 3 is 1.26 bits per heavy atom. The maximum Gasteiger partial charge on any atom is 0.343 e. The molecule has 6 aromatic carbocycles. The highest BCUT2D eigenvalue weighted by molar-refractivity contribution is 6.45. The molecule has 38 heavy (non-hydrogen) atoms. The summed E-state index contributed by atoms with van der Waals surface area (Å²) in [5.74, 6) is -0.980. The molecule has 4 nitrogen and oxygen atoms in total. The molecule has 0 aliphatic heterocycles. The van der Waals surface area contributed by atoms with Gasteiger partial charge in [-0.1, -0.05) is 108 Å². The summed E-state index contributed by atoms with van der Waals surface area (Å²) in [6.07, 6.45) is 0. The van der Waals surface area contributed by atoms with Gasteiger partial charge in [-0.25, -0.2) is 9.59 Å². The van der Waals surface area contributed by atoms with Gasteiger partial charge in [0.1, 0.15) is 10.0 Å². The molecule has 0 saturated heterocycles. The van der Waals surface area contributed by atoms with Crippen LogP contribution in [0.3, 0.4) is 0 Å². The number of fused-ring (bicyclic) bond motifs is 3. The Balaban J connectivity index is 1.37. The molecule has 0 aliphatic carbocycles. The van der Waals surface area contributed by atoms with Crippen LogP contribution in [-0.2, 0) is 0 Å². The van der Waals surface area contributed by atoms with Crippen molar-refractivity contribution >= 4 is 67.5 Å². The molecule has 6 rings (SSSR count). The Labute approximate surface area is 227 Å². The van der Waals surface area contributed by atoms with Crippen molar-refractivity contribution < 1.29 is 19.1 Å². The van der Waals surface area contributed by atoms with Crippen LogP contribution in [0.2, 0.25) is 10.0 Å². The zero-order valence-corrected chi connectivity index (χ0v) is 21.3. The van der Waals surface area contributed by atoms with Gasteiger partial charge in [-0.05, 0) is 45.8 Å². The van der Waals surface area contributed by atoms with Crippen molar-refractivity contribution in [1.82, 2.24) is 0 Å². The highest BCUT2D eigenvalue weighted by atomic mass is 35.5. The lowest BCUT2D eigenvalue weighted by Gasteiger charge is -2.16. The molecule has 0 aromatic heterocycles. The molecule has 0 aliphatic rings. The maximum absolute atomic E-state index is 13.1. The van der Waals surface area contributed by atoms with Crippen molar-refractivity contribution in [1.29, 1.82) is 0 Å². The summed E-state index contributed by atoms with van der Waals surface area (Å²) in [6.45, 7) is 0. The van der Waals surface area contributed by atoms with Crippen LogP contribution in [0.5, 0.6) is 11.5 Å². The monoisotopic (exact) mass is 536 g/mol. The van der Waals surface area contributed by atoms with Crippen molar-refractivity contribution in [2.45, 2.75) is 0 Å². The van der Waals surface area contributed by atoms with Crippen LogP contribution < -0.4 is 9.47 Å². The molecule has 0 fully saturated rings. The van der Waals surface area contributed by atoms with Crippen LogP contribution in [0.25, 0.3) is 32.3 Å². The minimum absolute atomic E-state index is 0.0270. The molecule has 184 valence electrons. The van der Waals surface area contributed by atoms with Gasteiger partial charge in [0.15, 0.2) is 11.5 Å². The molecular weight excluding hydrogens is 519 g/mol. The lowest BCUT2D eigenvalue weighted by molar-refractivity contribution is 0.0723. The van der Waals surface area contributed by atoms with E-state index in [-0.39, 0.29) is 21.5 Å². The lowest BCUT2D eigenvalue weighted by Crippen LogP contribution is -2.11. The first-order valence-corrected chi connectivity index (χ1v) is 12.6. The number of benzene rings is 6. The van der Waals surface area contributed by atoms with Gasteiger partial charge in [-0.15, -0.1) is 0 Å². The van der Waals surface area contributed by atoms with Gasteiger partial charge in [0.05, 0.1) is 11.1 Å². The van der Waals surface area contributed by atoms with E-state index in [4.69, 9.17) is 32.7 Å². The number of halogens is 2. The Morgan fingerprint density at radius 2 is 0.842 bits per heavy atom. The topological polar surface area (TPSA) is 52.6 Å². The third-order valence-corrected chi connectivity index (χ3v) is 7.19. The van der Waals surface area contributed by atoms with Crippen LogP contribution >= 0.6 is 23.2 Å². The fourth-order valence-corrected chi connectivity index (χ4v) is 4.90. The zero-order chi connectivity index (χ0) is 26.2. The summed E-state index contributed by atoms with van der Waals surface area (Å²) in [4.78, 5) is 26.2. The molecule has 0 N–H and O–H groups in total. The average molecular weight is 537 g/mol. The SMILES string of the molecule is O=C(Oc1c(Cl)c(Cl)c(OC(=O)c2ccc3ccccc3c2)c2ccccc12)c1ccc2ccccc2c1. The fourth-order valence-electron chi connectivity index (χ4n) is 4.45. The number of rotatable bonds is 4. The van der Waals surface area contributed by atoms with Crippen molar-refractivity contribution in [2.75, 3.05) is 0 Å². The van der Waals surface area contributed by atoms with Crippen molar-refractivity contribution in [2.24, 2.45) is 0 Å². The summed E-state index contributed by atoms with van der Waals surface area (Å²) >= 11 is 13.2. The van der Waals surface area contributed by atoms with E-state index in [2.05, 4.69) is 0 Å². The maximum atomic E-state index is 13.1. The largest absolute Gasteiger partial charge is 0.421 e. The van der Waals surface area contributed by atoms with E-state index in [0.717, 1.165) is 21.5 Å². The van der Waals surface area contributed by atoms with E-state index in [1.165, 1.54) is 0 Å². The minimum Gasteiger partial charge on any atom is -0.421 e. The molecule has 0 heterocycles. The minimum atomic E-state index is -0.584. The third-order valence-electron chi connectivity index (χ3n) is 6.37. The number of carbonyl (C=O) groups is 2. The van der Waals surface area contributed by atoms with E-state index < -0.39 is 11.9 Å². The molecule has 0 amide bonds. The number of hydrogen-bond donors (Lipinski definition) is 0. The molecule has 0 atom stereocenters. The third kappa shape index (κ3) is 4.34. The number of ether oxygens (including phenoxy) is 2. The molecule has 6 heteroatoms. The van der Waals surface area contributed by atoms with Crippen molar-refractivity contribution in [3.8, 4) is 11.5 Å². The van der Waals surface area contributed by atoms with E-state index >= 15 is 0 Å². The predicted octanol–water partition coefficient (Wildman–Crippen LogP) is 8.89. The second kappa shape index (κ2) is 9.82.